The molecule has 0 aliphatic heterocycles. The van der Waals surface area contributed by atoms with Gasteiger partial charge in [-0.15, -0.1) is 10.2 Å². The number of fused-ring (bicyclic) bond motifs is 1. The molecule has 7 heteroatoms. The van der Waals surface area contributed by atoms with E-state index in [-0.39, 0.29) is 11.7 Å². The molecule has 2 aromatic heterocycles. The largest absolute Gasteiger partial charge is 0.457 e. The quantitative estimate of drug-likeness (QED) is 0.489. The van der Waals surface area contributed by atoms with Crippen molar-refractivity contribution >= 4 is 29.0 Å². The molecule has 6 nitrogen and oxygen atoms in total. The number of rotatable bonds is 6. The highest BCUT2D eigenvalue weighted by Gasteiger charge is 2.09. The van der Waals surface area contributed by atoms with E-state index < -0.39 is 0 Å². The number of aromatic nitrogens is 3. The first-order valence-corrected chi connectivity index (χ1v) is 9.73. The van der Waals surface area contributed by atoms with E-state index in [2.05, 4.69) is 15.5 Å². The van der Waals surface area contributed by atoms with Crippen LogP contribution in [0.3, 0.4) is 0 Å². The summed E-state index contributed by atoms with van der Waals surface area (Å²) in [4.78, 5) is 12.2. The fourth-order valence-electron chi connectivity index (χ4n) is 2.67. The van der Waals surface area contributed by atoms with Crippen LogP contribution in [0, 0.1) is 6.92 Å². The maximum atomic E-state index is 12.2. The molecule has 0 aliphatic rings. The molecule has 140 valence electrons. The number of ether oxygens (including phenoxy) is 1. The van der Waals surface area contributed by atoms with Gasteiger partial charge in [-0.1, -0.05) is 30.0 Å². The lowest BCUT2D eigenvalue weighted by molar-refractivity contribution is -0.113. The number of amides is 1. The first-order valence-electron chi connectivity index (χ1n) is 8.74. The van der Waals surface area contributed by atoms with Gasteiger partial charge in [0.2, 0.25) is 5.91 Å². The zero-order chi connectivity index (χ0) is 19.3. The van der Waals surface area contributed by atoms with Crippen LogP contribution in [-0.2, 0) is 4.79 Å². The first-order chi connectivity index (χ1) is 13.7. The summed E-state index contributed by atoms with van der Waals surface area (Å²) in [5, 5.41) is 11.8. The molecule has 0 saturated carbocycles. The molecule has 4 aromatic rings. The Morgan fingerprint density at radius 2 is 1.89 bits per heavy atom. The molecule has 0 atom stereocenters. The number of hydrogen-bond acceptors (Lipinski definition) is 5. The van der Waals surface area contributed by atoms with E-state index in [0.717, 1.165) is 17.0 Å². The van der Waals surface area contributed by atoms with Crippen molar-refractivity contribution < 1.29 is 9.53 Å². The zero-order valence-electron chi connectivity index (χ0n) is 15.2. The SMILES string of the molecule is Cc1cccc(Oc2ccc(NC(=O)CSc3nnc4ccccn34)cc2)c1. The molecule has 1 amide bonds. The average Bonchev–Trinajstić information content (AvgIpc) is 3.11. The van der Waals surface area contributed by atoms with E-state index in [1.165, 1.54) is 11.8 Å². The lowest BCUT2D eigenvalue weighted by Crippen LogP contribution is -2.14. The van der Waals surface area contributed by atoms with Crippen LogP contribution in [-0.4, -0.2) is 26.3 Å². The van der Waals surface area contributed by atoms with Gasteiger partial charge in [-0.2, -0.15) is 0 Å². The van der Waals surface area contributed by atoms with Crippen molar-refractivity contribution in [3.63, 3.8) is 0 Å². The third-order valence-electron chi connectivity index (χ3n) is 3.98. The van der Waals surface area contributed by atoms with Gasteiger partial charge in [0, 0.05) is 11.9 Å². The second kappa shape index (κ2) is 8.14. The van der Waals surface area contributed by atoms with Crippen LogP contribution in [0.15, 0.2) is 78.1 Å². The molecule has 0 fully saturated rings. The average molecular weight is 390 g/mol. The van der Waals surface area contributed by atoms with E-state index in [0.29, 0.717) is 16.6 Å². The number of benzene rings is 2. The normalized spacial score (nSPS) is 10.8. The fourth-order valence-corrected chi connectivity index (χ4v) is 3.39. The smallest absolute Gasteiger partial charge is 0.234 e. The molecule has 4 rings (SSSR count). The molecular weight excluding hydrogens is 372 g/mol. The van der Waals surface area contributed by atoms with Crippen LogP contribution in [0.1, 0.15) is 5.56 Å². The van der Waals surface area contributed by atoms with E-state index >= 15 is 0 Å². The van der Waals surface area contributed by atoms with Gasteiger partial charge in [-0.05, 0) is 61.0 Å². The highest BCUT2D eigenvalue weighted by molar-refractivity contribution is 7.99. The lowest BCUT2D eigenvalue weighted by atomic mass is 10.2. The van der Waals surface area contributed by atoms with E-state index in [1.807, 2.05) is 84.3 Å². The Morgan fingerprint density at radius 1 is 1.04 bits per heavy atom. The summed E-state index contributed by atoms with van der Waals surface area (Å²) in [6.07, 6.45) is 1.88. The number of thioether (sulfide) groups is 1. The van der Waals surface area contributed by atoms with E-state index in [9.17, 15) is 4.79 Å². The maximum absolute atomic E-state index is 12.2. The maximum Gasteiger partial charge on any atom is 0.234 e. The Labute approximate surface area is 166 Å². The van der Waals surface area contributed by atoms with Crippen LogP contribution in [0.2, 0.25) is 0 Å². The molecule has 0 radical (unpaired) electrons. The highest BCUT2D eigenvalue weighted by Crippen LogP contribution is 2.24. The number of carbonyl (C=O) groups is 1. The van der Waals surface area contributed by atoms with Crippen molar-refractivity contribution in [2.45, 2.75) is 12.1 Å². The fraction of sp³-hybridized carbons (Fsp3) is 0.0952. The minimum absolute atomic E-state index is 0.106. The van der Waals surface area contributed by atoms with Gasteiger partial charge < -0.3 is 10.1 Å². The van der Waals surface area contributed by atoms with Crippen LogP contribution >= 0.6 is 11.8 Å². The predicted molar refractivity (Wildman–Crippen MR) is 110 cm³/mol. The number of nitrogens with zero attached hydrogens (tertiary/aromatic N) is 3. The van der Waals surface area contributed by atoms with Gasteiger partial charge in [-0.3, -0.25) is 9.20 Å². The topological polar surface area (TPSA) is 68.5 Å². The second-order valence-corrected chi connectivity index (χ2v) is 7.13. The van der Waals surface area contributed by atoms with Crippen LogP contribution in [0.5, 0.6) is 11.5 Å². The number of nitrogens with one attached hydrogen (secondary N) is 1. The molecule has 0 unspecified atom stereocenters. The van der Waals surface area contributed by atoms with Crippen molar-refractivity contribution in [2.24, 2.45) is 0 Å². The Hall–Kier alpha value is -3.32. The van der Waals surface area contributed by atoms with Crippen molar-refractivity contribution in [2.75, 3.05) is 11.1 Å². The standard InChI is InChI=1S/C21H18N4O2S/c1-15-5-4-6-18(13-15)27-17-10-8-16(9-11-17)22-20(26)14-28-21-24-23-19-7-2-3-12-25(19)21/h2-13H,14H2,1H3,(H,22,26). The molecule has 2 heterocycles. The summed E-state index contributed by atoms with van der Waals surface area (Å²) in [6.45, 7) is 2.02. The predicted octanol–water partition coefficient (Wildman–Crippen LogP) is 4.56. The minimum Gasteiger partial charge on any atom is -0.457 e. The molecule has 0 bridgehead atoms. The van der Waals surface area contributed by atoms with Crippen molar-refractivity contribution in [1.29, 1.82) is 0 Å². The number of hydrogen-bond donors (Lipinski definition) is 1. The summed E-state index contributed by atoms with van der Waals surface area (Å²) < 4.78 is 7.68. The Balaban J connectivity index is 1.33. The number of carbonyl (C=O) groups excluding carboxylic acids is 1. The second-order valence-electron chi connectivity index (χ2n) is 6.19. The number of pyridine rings is 1. The Kier molecular flexibility index (Phi) is 5.25. The Morgan fingerprint density at radius 3 is 2.71 bits per heavy atom. The Bertz CT molecular complexity index is 1110. The molecule has 0 spiro atoms. The van der Waals surface area contributed by atoms with E-state index in [1.54, 1.807) is 0 Å². The van der Waals surface area contributed by atoms with Gasteiger partial charge in [-0.25, -0.2) is 0 Å². The molecular formula is C21H18N4O2S. The van der Waals surface area contributed by atoms with Crippen LogP contribution < -0.4 is 10.1 Å². The van der Waals surface area contributed by atoms with E-state index in [4.69, 9.17) is 4.74 Å². The van der Waals surface area contributed by atoms with Gasteiger partial charge in [0.25, 0.3) is 0 Å². The summed E-state index contributed by atoms with van der Waals surface area (Å²) in [5.74, 6) is 1.64. The molecule has 0 saturated heterocycles. The molecule has 2 aromatic carbocycles. The van der Waals surface area contributed by atoms with Crippen molar-refractivity contribution in [3.8, 4) is 11.5 Å². The van der Waals surface area contributed by atoms with Crippen molar-refractivity contribution in [3.05, 3.63) is 78.5 Å². The van der Waals surface area contributed by atoms with Crippen LogP contribution in [0.4, 0.5) is 5.69 Å². The monoisotopic (exact) mass is 390 g/mol. The number of anilines is 1. The van der Waals surface area contributed by atoms with Gasteiger partial charge in [0.1, 0.15) is 11.5 Å². The van der Waals surface area contributed by atoms with Gasteiger partial charge >= 0.3 is 0 Å². The first kappa shape index (κ1) is 18.1. The summed E-state index contributed by atoms with van der Waals surface area (Å²) >= 11 is 1.34. The zero-order valence-corrected chi connectivity index (χ0v) is 16.0. The highest BCUT2D eigenvalue weighted by atomic mass is 32.2. The van der Waals surface area contributed by atoms with Crippen LogP contribution in [0.25, 0.3) is 5.65 Å². The van der Waals surface area contributed by atoms with Crippen molar-refractivity contribution in [1.82, 2.24) is 14.6 Å². The minimum atomic E-state index is -0.106. The summed E-state index contributed by atoms with van der Waals surface area (Å²) in [7, 11) is 0. The molecule has 0 aliphatic carbocycles. The molecule has 1 N–H and O–H groups in total. The third kappa shape index (κ3) is 4.32. The number of aryl methyl sites for hydroxylation is 1. The lowest BCUT2D eigenvalue weighted by Gasteiger charge is -2.08. The summed E-state index contributed by atoms with van der Waals surface area (Å²) in [5.41, 5.74) is 2.61. The third-order valence-corrected chi connectivity index (χ3v) is 4.92. The summed E-state index contributed by atoms with van der Waals surface area (Å²) in [6, 6.07) is 20.8. The van der Waals surface area contributed by atoms with Gasteiger partial charge in [0.15, 0.2) is 10.8 Å². The molecule has 28 heavy (non-hydrogen) atoms. The van der Waals surface area contributed by atoms with Gasteiger partial charge in [0.05, 0.1) is 5.75 Å².